The van der Waals surface area contributed by atoms with Crippen molar-refractivity contribution >= 4 is 21.1 Å². The highest BCUT2D eigenvalue weighted by atomic mass is 32.2. The van der Waals surface area contributed by atoms with Crippen molar-refractivity contribution in [1.29, 1.82) is 0 Å². The molecule has 1 aromatic heterocycles. The molecule has 3 aromatic rings. The minimum atomic E-state index is -3.48. The predicted octanol–water partition coefficient (Wildman–Crippen LogP) is 2.35. The minimum absolute atomic E-state index is 0.240. The van der Waals surface area contributed by atoms with Crippen molar-refractivity contribution in [2.24, 2.45) is 0 Å². The number of rotatable bonds is 5. The van der Waals surface area contributed by atoms with Gasteiger partial charge in [0.2, 0.25) is 10.0 Å². The van der Waals surface area contributed by atoms with E-state index in [4.69, 9.17) is 4.42 Å². The number of oxazole rings is 1. The minimum Gasteiger partial charge on any atom is -0.441 e. The molecule has 0 aliphatic carbocycles. The zero-order valence-electron chi connectivity index (χ0n) is 11.2. The summed E-state index contributed by atoms with van der Waals surface area (Å²) in [6, 6.07) is 15.7. The lowest BCUT2D eigenvalue weighted by atomic mass is 10.3. The molecule has 1 N–H and O–H groups in total. The molecule has 21 heavy (non-hydrogen) atoms. The summed E-state index contributed by atoms with van der Waals surface area (Å²) < 4.78 is 32.1. The number of hydrogen-bond donors (Lipinski definition) is 1. The Balaban J connectivity index is 1.66. The van der Waals surface area contributed by atoms with Crippen molar-refractivity contribution < 1.29 is 12.8 Å². The Kier molecular flexibility index (Phi) is 3.72. The van der Waals surface area contributed by atoms with Crippen molar-refractivity contribution in [3.8, 4) is 0 Å². The number of hydrogen-bond acceptors (Lipinski definition) is 4. The van der Waals surface area contributed by atoms with Crippen LogP contribution in [0.1, 0.15) is 5.89 Å². The second-order valence-corrected chi connectivity index (χ2v) is 6.30. The van der Waals surface area contributed by atoms with Crippen LogP contribution in [0.3, 0.4) is 0 Å². The van der Waals surface area contributed by atoms with E-state index in [2.05, 4.69) is 9.71 Å². The molecule has 0 unspecified atom stereocenters. The Bertz CT molecular complexity index is 808. The maximum Gasteiger partial charge on any atom is 0.240 e. The number of benzene rings is 2. The first-order valence-corrected chi connectivity index (χ1v) is 8.03. The highest BCUT2D eigenvalue weighted by Crippen LogP contribution is 2.15. The van der Waals surface area contributed by atoms with Crippen molar-refractivity contribution in [2.45, 2.75) is 11.3 Å². The first-order valence-electron chi connectivity index (χ1n) is 6.54. The summed E-state index contributed by atoms with van der Waals surface area (Å²) in [6.07, 6.45) is 0.404. The molecule has 0 fully saturated rings. The molecule has 5 nitrogen and oxygen atoms in total. The fourth-order valence-corrected chi connectivity index (χ4v) is 3.06. The van der Waals surface area contributed by atoms with E-state index in [-0.39, 0.29) is 11.4 Å². The van der Waals surface area contributed by atoms with Gasteiger partial charge in [0.25, 0.3) is 0 Å². The molecule has 3 rings (SSSR count). The lowest BCUT2D eigenvalue weighted by Crippen LogP contribution is -2.26. The topological polar surface area (TPSA) is 72.2 Å². The van der Waals surface area contributed by atoms with Crippen LogP contribution in [0.5, 0.6) is 0 Å². The number of fused-ring (bicyclic) bond motifs is 1. The summed E-state index contributed by atoms with van der Waals surface area (Å²) in [5, 5.41) is 0. The van der Waals surface area contributed by atoms with Crippen LogP contribution in [0.4, 0.5) is 0 Å². The molecule has 0 aliphatic heterocycles. The number of nitrogens with zero attached hydrogens (tertiary/aromatic N) is 1. The molecule has 0 saturated carbocycles. The largest absolute Gasteiger partial charge is 0.441 e. The SMILES string of the molecule is O=S(=O)(NCCc1nc2ccccc2o1)c1ccccc1. The first-order chi connectivity index (χ1) is 10.1. The van der Waals surface area contributed by atoms with Crippen LogP contribution >= 0.6 is 0 Å². The standard InChI is InChI=1S/C15H14N2O3S/c18-21(19,12-6-2-1-3-7-12)16-11-10-15-17-13-8-4-5-9-14(13)20-15/h1-9,16H,10-11H2. The van der Waals surface area contributed by atoms with E-state index in [0.717, 1.165) is 5.52 Å². The van der Waals surface area contributed by atoms with Crippen LogP contribution in [-0.4, -0.2) is 19.9 Å². The monoisotopic (exact) mass is 302 g/mol. The maximum atomic E-state index is 12.0. The summed E-state index contributed by atoms with van der Waals surface area (Å²) >= 11 is 0. The molecule has 2 aromatic carbocycles. The van der Waals surface area contributed by atoms with E-state index in [1.54, 1.807) is 30.3 Å². The van der Waals surface area contributed by atoms with Crippen LogP contribution in [-0.2, 0) is 16.4 Å². The highest BCUT2D eigenvalue weighted by Gasteiger charge is 2.13. The normalized spacial score (nSPS) is 11.8. The number of sulfonamides is 1. The Morgan fingerprint density at radius 3 is 2.48 bits per heavy atom. The molecule has 0 bridgehead atoms. The third-order valence-electron chi connectivity index (χ3n) is 3.02. The number of nitrogens with one attached hydrogen (secondary N) is 1. The van der Waals surface area contributed by atoms with Gasteiger partial charge in [-0.15, -0.1) is 0 Å². The zero-order valence-corrected chi connectivity index (χ0v) is 12.0. The predicted molar refractivity (Wildman–Crippen MR) is 79.3 cm³/mol. The van der Waals surface area contributed by atoms with Gasteiger partial charge >= 0.3 is 0 Å². The average Bonchev–Trinajstić information content (AvgIpc) is 2.90. The van der Waals surface area contributed by atoms with Crippen molar-refractivity contribution in [3.63, 3.8) is 0 Å². The van der Waals surface area contributed by atoms with E-state index < -0.39 is 10.0 Å². The average molecular weight is 302 g/mol. The third-order valence-corrected chi connectivity index (χ3v) is 4.50. The molecule has 0 saturated heterocycles. The molecular weight excluding hydrogens is 288 g/mol. The van der Waals surface area contributed by atoms with E-state index in [1.807, 2.05) is 24.3 Å². The lowest BCUT2D eigenvalue weighted by Gasteiger charge is -2.04. The van der Waals surface area contributed by atoms with Crippen LogP contribution < -0.4 is 4.72 Å². The van der Waals surface area contributed by atoms with Crippen LogP contribution in [0.2, 0.25) is 0 Å². The van der Waals surface area contributed by atoms with Gasteiger partial charge in [0.1, 0.15) is 5.52 Å². The summed E-state index contributed by atoms with van der Waals surface area (Å²) in [5.74, 6) is 0.520. The molecule has 0 aliphatic rings. The van der Waals surface area contributed by atoms with Gasteiger partial charge in [0, 0.05) is 13.0 Å². The van der Waals surface area contributed by atoms with E-state index in [9.17, 15) is 8.42 Å². The molecular formula is C15H14N2O3S. The molecule has 0 spiro atoms. The van der Waals surface area contributed by atoms with Gasteiger partial charge in [-0.05, 0) is 24.3 Å². The van der Waals surface area contributed by atoms with Gasteiger partial charge in [-0.1, -0.05) is 30.3 Å². The fraction of sp³-hybridized carbons (Fsp3) is 0.133. The first kappa shape index (κ1) is 13.8. The van der Waals surface area contributed by atoms with Crippen molar-refractivity contribution in [3.05, 3.63) is 60.5 Å². The van der Waals surface area contributed by atoms with E-state index in [1.165, 1.54) is 0 Å². The highest BCUT2D eigenvalue weighted by molar-refractivity contribution is 7.89. The Labute approximate surface area is 122 Å². The summed E-state index contributed by atoms with van der Waals surface area (Å²) in [4.78, 5) is 4.56. The van der Waals surface area contributed by atoms with Gasteiger partial charge in [-0.2, -0.15) is 0 Å². The van der Waals surface area contributed by atoms with Crippen LogP contribution in [0, 0.1) is 0 Å². The lowest BCUT2D eigenvalue weighted by molar-refractivity contribution is 0.523. The van der Waals surface area contributed by atoms with Gasteiger partial charge < -0.3 is 4.42 Å². The summed E-state index contributed by atoms with van der Waals surface area (Å²) in [6.45, 7) is 0.240. The Morgan fingerprint density at radius 1 is 1.00 bits per heavy atom. The summed E-state index contributed by atoms with van der Waals surface area (Å²) in [7, 11) is -3.48. The molecule has 0 amide bonds. The van der Waals surface area contributed by atoms with Gasteiger partial charge in [0.15, 0.2) is 11.5 Å². The second kappa shape index (κ2) is 5.67. The molecule has 6 heteroatoms. The van der Waals surface area contributed by atoms with Crippen molar-refractivity contribution in [1.82, 2.24) is 9.71 Å². The molecule has 0 radical (unpaired) electrons. The quantitative estimate of drug-likeness (QED) is 0.785. The smallest absolute Gasteiger partial charge is 0.240 e. The van der Waals surface area contributed by atoms with Crippen LogP contribution in [0.25, 0.3) is 11.1 Å². The number of aromatic nitrogens is 1. The number of para-hydroxylation sites is 2. The summed E-state index contributed by atoms with van der Waals surface area (Å²) in [5.41, 5.74) is 1.48. The zero-order chi connectivity index (χ0) is 14.7. The Morgan fingerprint density at radius 2 is 1.71 bits per heavy atom. The van der Waals surface area contributed by atoms with Crippen molar-refractivity contribution in [2.75, 3.05) is 6.54 Å². The molecule has 108 valence electrons. The van der Waals surface area contributed by atoms with Crippen LogP contribution in [0.15, 0.2) is 63.9 Å². The molecule has 1 heterocycles. The van der Waals surface area contributed by atoms with Gasteiger partial charge in [-0.3, -0.25) is 0 Å². The second-order valence-electron chi connectivity index (χ2n) is 4.54. The third kappa shape index (κ3) is 3.12. The van der Waals surface area contributed by atoms with E-state index >= 15 is 0 Å². The van der Waals surface area contributed by atoms with Gasteiger partial charge in [0.05, 0.1) is 4.90 Å². The molecule has 0 atom stereocenters. The van der Waals surface area contributed by atoms with E-state index in [0.29, 0.717) is 17.9 Å². The fourth-order valence-electron chi connectivity index (χ4n) is 2.00. The Hall–Kier alpha value is -2.18. The van der Waals surface area contributed by atoms with Gasteiger partial charge in [-0.25, -0.2) is 18.1 Å². The maximum absolute atomic E-state index is 12.0.